The first-order chi connectivity index (χ1) is 7.29. The van der Waals surface area contributed by atoms with Crippen molar-refractivity contribution in [2.45, 2.75) is 38.1 Å². The highest BCUT2D eigenvalue weighted by Crippen LogP contribution is 2.18. The molecule has 84 valence electrons. The normalized spacial score (nSPS) is 22.1. The molecule has 5 heteroatoms. The Hall–Kier alpha value is -1.26. The second-order valence-corrected chi connectivity index (χ2v) is 4.23. The van der Waals surface area contributed by atoms with Crippen LogP contribution in [0.15, 0.2) is 5.16 Å². The molecule has 1 saturated heterocycles. The Kier molecular flexibility index (Phi) is 3.08. The van der Waals surface area contributed by atoms with Gasteiger partial charge >= 0.3 is 6.03 Å². The Labute approximate surface area is 89.1 Å². The van der Waals surface area contributed by atoms with E-state index in [9.17, 15) is 4.79 Å². The molecule has 0 atom stereocenters. The number of urea groups is 1. The van der Waals surface area contributed by atoms with Crippen LogP contribution in [0.3, 0.4) is 0 Å². The van der Waals surface area contributed by atoms with Crippen molar-refractivity contribution in [1.29, 1.82) is 0 Å². The number of piperidine rings is 1. The smallest absolute Gasteiger partial charge is 0.317 e. The number of carbonyl (C=O) groups excluding carboxylic acids is 1. The van der Waals surface area contributed by atoms with Crippen LogP contribution in [0.4, 0.5) is 4.79 Å². The van der Waals surface area contributed by atoms with Crippen molar-refractivity contribution in [1.82, 2.24) is 10.2 Å². The van der Waals surface area contributed by atoms with E-state index >= 15 is 0 Å². The van der Waals surface area contributed by atoms with E-state index in [2.05, 4.69) is 10.5 Å². The largest absolute Gasteiger partial charge is 0.411 e. The summed E-state index contributed by atoms with van der Waals surface area (Å²) in [7, 11) is 0. The van der Waals surface area contributed by atoms with Crippen LogP contribution in [-0.2, 0) is 0 Å². The van der Waals surface area contributed by atoms with Gasteiger partial charge in [0.25, 0.3) is 0 Å². The van der Waals surface area contributed by atoms with Gasteiger partial charge in [-0.05, 0) is 19.3 Å². The molecule has 15 heavy (non-hydrogen) atoms. The number of likely N-dealkylation sites (tertiary alicyclic amines) is 1. The maximum atomic E-state index is 11.7. The molecular weight excluding hydrogens is 194 g/mol. The lowest BCUT2D eigenvalue weighted by Gasteiger charge is -2.32. The number of rotatable bonds is 1. The van der Waals surface area contributed by atoms with Crippen molar-refractivity contribution < 1.29 is 10.0 Å². The van der Waals surface area contributed by atoms with E-state index in [1.54, 1.807) is 4.90 Å². The first-order valence-corrected chi connectivity index (χ1v) is 5.55. The van der Waals surface area contributed by atoms with Crippen molar-refractivity contribution in [3.8, 4) is 0 Å². The maximum absolute atomic E-state index is 11.7. The number of nitrogens with one attached hydrogen (secondary N) is 1. The van der Waals surface area contributed by atoms with E-state index in [4.69, 9.17) is 5.21 Å². The fourth-order valence-corrected chi connectivity index (χ4v) is 1.89. The lowest BCUT2D eigenvalue weighted by molar-refractivity contribution is 0.185. The molecule has 1 saturated carbocycles. The van der Waals surface area contributed by atoms with Gasteiger partial charge in [0.2, 0.25) is 0 Å². The van der Waals surface area contributed by atoms with Crippen LogP contribution >= 0.6 is 0 Å². The summed E-state index contributed by atoms with van der Waals surface area (Å²) in [6.07, 6.45) is 4.83. The van der Waals surface area contributed by atoms with E-state index in [0.29, 0.717) is 32.0 Å². The van der Waals surface area contributed by atoms with Gasteiger partial charge in [-0.2, -0.15) is 0 Å². The standard InChI is InChI=1S/C10H17N3O2/c14-10(11-8-2-1-3-8)13-6-4-9(12-15)5-7-13/h8,15H,1-7H2,(H,11,14). The van der Waals surface area contributed by atoms with Gasteiger partial charge in [0.05, 0.1) is 5.71 Å². The molecule has 1 aliphatic carbocycles. The Morgan fingerprint density at radius 1 is 1.40 bits per heavy atom. The Balaban J connectivity index is 1.76. The third-order valence-electron chi connectivity index (χ3n) is 3.20. The summed E-state index contributed by atoms with van der Waals surface area (Å²) in [5, 5.41) is 14.8. The molecule has 1 heterocycles. The molecule has 0 spiro atoms. The van der Waals surface area contributed by atoms with Gasteiger partial charge in [-0.1, -0.05) is 5.16 Å². The molecule has 0 bridgehead atoms. The van der Waals surface area contributed by atoms with Crippen LogP contribution in [0.25, 0.3) is 0 Å². The molecule has 0 radical (unpaired) electrons. The molecule has 2 N–H and O–H groups in total. The number of nitrogens with zero attached hydrogens (tertiary/aromatic N) is 2. The summed E-state index contributed by atoms with van der Waals surface area (Å²) < 4.78 is 0. The molecule has 0 aromatic rings. The minimum absolute atomic E-state index is 0.0386. The van der Waals surface area contributed by atoms with Crippen molar-refractivity contribution in [2.75, 3.05) is 13.1 Å². The Morgan fingerprint density at radius 2 is 2.07 bits per heavy atom. The van der Waals surface area contributed by atoms with Gasteiger partial charge in [-0.25, -0.2) is 4.79 Å². The summed E-state index contributed by atoms with van der Waals surface area (Å²) in [6, 6.07) is 0.432. The van der Waals surface area contributed by atoms with Crippen LogP contribution in [0.1, 0.15) is 32.1 Å². The first kappa shape index (κ1) is 10.3. The fraction of sp³-hybridized carbons (Fsp3) is 0.800. The number of amides is 2. The molecule has 1 aliphatic heterocycles. The summed E-state index contributed by atoms with van der Waals surface area (Å²) in [6.45, 7) is 1.33. The Bertz CT molecular complexity index is 264. The van der Waals surface area contributed by atoms with Crippen molar-refractivity contribution in [3.63, 3.8) is 0 Å². The molecular formula is C10H17N3O2. The van der Waals surface area contributed by atoms with Gasteiger partial charge in [0.15, 0.2) is 0 Å². The highest BCUT2D eigenvalue weighted by atomic mass is 16.4. The van der Waals surface area contributed by atoms with Gasteiger partial charge in [-0.15, -0.1) is 0 Å². The zero-order valence-electron chi connectivity index (χ0n) is 8.78. The lowest BCUT2D eigenvalue weighted by Crippen LogP contribution is -2.49. The number of oxime groups is 1. The monoisotopic (exact) mass is 211 g/mol. The van der Waals surface area contributed by atoms with E-state index in [1.165, 1.54) is 6.42 Å². The molecule has 5 nitrogen and oxygen atoms in total. The quantitative estimate of drug-likeness (QED) is 0.505. The average Bonchev–Trinajstić information content (AvgIpc) is 2.23. The second-order valence-electron chi connectivity index (χ2n) is 4.23. The van der Waals surface area contributed by atoms with Gasteiger partial charge < -0.3 is 15.4 Å². The van der Waals surface area contributed by atoms with Crippen LogP contribution in [0, 0.1) is 0 Å². The molecule has 0 aromatic heterocycles. The maximum Gasteiger partial charge on any atom is 0.317 e. The second kappa shape index (κ2) is 4.51. The predicted octanol–water partition coefficient (Wildman–Crippen LogP) is 1.17. The van der Waals surface area contributed by atoms with E-state index in [0.717, 1.165) is 18.6 Å². The molecule has 2 amide bonds. The summed E-state index contributed by atoms with van der Waals surface area (Å²) >= 11 is 0. The predicted molar refractivity (Wildman–Crippen MR) is 56.2 cm³/mol. The van der Waals surface area contributed by atoms with Crippen molar-refractivity contribution >= 4 is 11.7 Å². The minimum atomic E-state index is 0.0386. The minimum Gasteiger partial charge on any atom is -0.411 e. The van der Waals surface area contributed by atoms with Gasteiger partial charge in [0.1, 0.15) is 0 Å². The number of hydrogen-bond donors (Lipinski definition) is 2. The zero-order chi connectivity index (χ0) is 10.7. The third kappa shape index (κ3) is 2.40. The average molecular weight is 211 g/mol. The molecule has 2 fully saturated rings. The zero-order valence-corrected chi connectivity index (χ0v) is 8.78. The summed E-state index contributed by atoms with van der Waals surface area (Å²) in [5.74, 6) is 0. The van der Waals surface area contributed by atoms with Crippen molar-refractivity contribution in [3.05, 3.63) is 0 Å². The van der Waals surface area contributed by atoms with Gasteiger partial charge in [-0.3, -0.25) is 0 Å². The third-order valence-corrected chi connectivity index (χ3v) is 3.20. The SMILES string of the molecule is O=C(NC1CCC1)N1CCC(=NO)CC1. The van der Waals surface area contributed by atoms with Crippen LogP contribution < -0.4 is 5.32 Å². The van der Waals surface area contributed by atoms with E-state index in [-0.39, 0.29) is 6.03 Å². The van der Waals surface area contributed by atoms with Gasteiger partial charge in [0, 0.05) is 32.0 Å². The highest BCUT2D eigenvalue weighted by Gasteiger charge is 2.24. The van der Waals surface area contributed by atoms with E-state index < -0.39 is 0 Å². The summed E-state index contributed by atoms with van der Waals surface area (Å²) in [4.78, 5) is 13.5. The first-order valence-electron chi connectivity index (χ1n) is 5.55. The van der Waals surface area contributed by atoms with Crippen LogP contribution in [0.2, 0.25) is 0 Å². The van der Waals surface area contributed by atoms with E-state index in [1.807, 2.05) is 0 Å². The summed E-state index contributed by atoms with van der Waals surface area (Å²) in [5.41, 5.74) is 0.794. The fourth-order valence-electron chi connectivity index (χ4n) is 1.89. The van der Waals surface area contributed by atoms with Crippen LogP contribution in [-0.4, -0.2) is 41.0 Å². The number of carbonyl (C=O) groups is 1. The lowest BCUT2D eigenvalue weighted by atomic mass is 9.93. The van der Waals surface area contributed by atoms with Crippen LogP contribution in [0.5, 0.6) is 0 Å². The molecule has 2 rings (SSSR count). The molecule has 2 aliphatic rings. The number of hydrogen-bond acceptors (Lipinski definition) is 3. The van der Waals surface area contributed by atoms with Crippen molar-refractivity contribution in [2.24, 2.45) is 5.16 Å². The molecule has 0 aromatic carbocycles. The highest BCUT2D eigenvalue weighted by molar-refractivity contribution is 5.86. The molecule has 0 unspecified atom stereocenters. The Morgan fingerprint density at radius 3 is 2.53 bits per heavy atom. The topological polar surface area (TPSA) is 64.9 Å².